The van der Waals surface area contributed by atoms with Gasteiger partial charge < -0.3 is 9.47 Å². The first kappa shape index (κ1) is 14.3. The highest BCUT2D eigenvalue weighted by molar-refractivity contribution is 5.82. The zero-order valence-corrected chi connectivity index (χ0v) is 11.1. The van der Waals surface area contributed by atoms with Gasteiger partial charge in [-0.1, -0.05) is 0 Å². The summed E-state index contributed by atoms with van der Waals surface area (Å²) in [5.41, 5.74) is -0.666. The van der Waals surface area contributed by atoms with Gasteiger partial charge in [0, 0.05) is 0 Å². The molecule has 2 atom stereocenters. The first-order chi connectivity index (χ1) is 8.30. The SMILES string of the molecule is COC(=O)[C@@H]1CC[C@@H](C#N)N1C(=O)OC(C)(C)C. The molecule has 18 heavy (non-hydrogen) atoms. The van der Waals surface area contributed by atoms with Crippen molar-refractivity contribution in [1.82, 2.24) is 4.90 Å². The number of hydrogen-bond acceptors (Lipinski definition) is 5. The minimum atomic E-state index is -0.727. The van der Waals surface area contributed by atoms with E-state index in [1.807, 2.05) is 6.07 Å². The fourth-order valence-electron chi connectivity index (χ4n) is 1.87. The average Bonchev–Trinajstić information content (AvgIpc) is 2.69. The standard InChI is InChI=1S/C12H18N2O4/c1-12(2,3)18-11(16)14-8(7-13)5-6-9(14)10(15)17-4/h8-9H,5-6H2,1-4H3/t8-,9-/m0/s1. The van der Waals surface area contributed by atoms with Gasteiger partial charge >= 0.3 is 12.1 Å². The van der Waals surface area contributed by atoms with Gasteiger partial charge in [-0.25, -0.2) is 9.59 Å². The molecule has 0 aliphatic carbocycles. The van der Waals surface area contributed by atoms with Crippen molar-refractivity contribution in [3.8, 4) is 6.07 Å². The predicted molar refractivity (Wildman–Crippen MR) is 62.5 cm³/mol. The van der Waals surface area contributed by atoms with Crippen LogP contribution >= 0.6 is 0 Å². The van der Waals surface area contributed by atoms with Crippen LogP contribution in [-0.4, -0.2) is 41.8 Å². The summed E-state index contributed by atoms with van der Waals surface area (Å²) < 4.78 is 9.85. The number of nitriles is 1. The van der Waals surface area contributed by atoms with Crippen molar-refractivity contribution in [3.63, 3.8) is 0 Å². The van der Waals surface area contributed by atoms with Crippen LogP contribution in [0.1, 0.15) is 33.6 Å². The van der Waals surface area contributed by atoms with E-state index >= 15 is 0 Å². The third-order valence-electron chi connectivity index (χ3n) is 2.61. The van der Waals surface area contributed by atoms with E-state index in [1.54, 1.807) is 20.8 Å². The molecule has 100 valence electrons. The third kappa shape index (κ3) is 3.13. The van der Waals surface area contributed by atoms with Gasteiger partial charge in [0.2, 0.25) is 0 Å². The summed E-state index contributed by atoms with van der Waals surface area (Å²) in [5, 5.41) is 9.00. The molecule has 1 aliphatic heterocycles. The smallest absolute Gasteiger partial charge is 0.412 e. The largest absolute Gasteiger partial charge is 0.467 e. The van der Waals surface area contributed by atoms with E-state index in [0.29, 0.717) is 12.8 Å². The molecule has 0 aromatic rings. The van der Waals surface area contributed by atoms with Gasteiger partial charge in [0.1, 0.15) is 17.7 Å². The molecule has 1 aliphatic rings. The number of methoxy groups -OCH3 is 1. The molecule has 0 radical (unpaired) electrons. The van der Waals surface area contributed by atoms with Gasteiger partial charge in [-0.3, -0.25) is 4.90 Å². The zero-order valence-electron chi connectivity index (χ0n) is 11.1. The van der Waals surface area contributed by atoms with Crippen molar-refractivity contribution in [2.45, 2.75) is 51.3 Å². The predicted octanol–water partition coefficient (Wildman–Crippen LogP) is 1.45. The molecule has 1 fully saturated rings. The number of rotatable bonds is 1. The van der Waals surface area contributed by atoms with Gasteiger partial charge in [0.15, 0.2) is 0 Å². The molecule has 0 spiro atoms. The number of nitrogens with zero attached hydrogens (tertiary/aromatic N) is 2. The molecule has 0 saturated carbocycles. The summed E-state index contributed by atoms with van der Waals surface area (Å²) in [6.07, 6.45) is 0.224. The Morgan fingerprint density at radius 2 is 1.94 bits per heavy atom. The Labute approximate surface area is 106 Å². The Kier molecular flexibility index (Phi) is 4.17. The summed E-state index contributed by atoms with van der Waals surface area (Å²) in [5.74, 6) is -0.515. The number of esters is 1. The Morgan fingerprint density at radius 3 is 2.39 bits per heavy atom. The van der Waals surface area contributed by atoms with Crippen LogP contribution in [0.3, 0.4) is 0 Å². The molecule has 1 amide bonds. The lowest BCUT2D eigenvalue weighted by molar-refractivity contribution is -0.145. The number of carbonyl (C=O) groups is 2. The highest BCUT2D eigenvalue weighted by atomic mass is 16.6. The molecule has 0 aromatic heterocycles. The maximum absolute atomic E-state index is 12.0. The van der Waals surface area contributed by atoms with E-state index in [4.69, 9.17) is 10.00 Å². The van der Waals surface area contributed by atoms with Gasteiger partial charge in [-0.15, -0.1) is 0 Å². The van der Waals surface area contributed by atoms with Crippen molar-refractivity contribution >= 4 is 12.1 Å². The van der Waals surface area contributed by atoms with Crippen molar-refractivity contribution < 1.29 is 19.1 Å². The maximum atomic E-state index is 12.0. The zero-order chi connectivity index (χ0) is 13.9. The number of carbonyl (C=O) groups excluding carboxylic acids is 2. The van der Waals surface area contributed by atoms with E-state index in [9.17, 15) is 9.59 Å². The molecule has 1 rings (SSSR count). The normalized spacial score (nSPS) is 23.4. The molecular weight excluding hydrogens is 236 g/mol. The van der Waals surface area contributed by atoms with Crippen LogP contribution in [0.4, 0.5) is 4.79 Å². The van der Waals surface area contributed by atoms with Gasteiger partial charge in [-0.2, -0.15) is 5.26 Å². The second-order valence-electron chi connectivity index (χ2n) is 5.15. The van der Waals surface area contributed by atoms with E-state index in [2.05, 4.69) is 4.74 Å². The molecule has 6 nitrogen and oxygen atoms in total. The van der Waals surface area contributed by atoms with E-state index in [-0.39, 0.29) is 0 Å². The average molecular weight is 254 g/mol. The van der Waals surface area contributed by atoms with Crippen molar-refractivity contribution in [2.75, 3.05) is 7.11 Å². The number of ether oxygens (including phenoxy) is 2. The molecule has 0 aromatic carbocycles. The van der Waals surface area contributed by atoms with E-state index < -0.39 is 29.7 Å². The minimum Gasteiger partial charge on any atom is -0.467 e. The Hall–Kier alpha value is -1.77. The van der Waals surface area contributed by atoms with Crippen LogP contribution < -0.4 is 0 Å². The van der Waals surface area contributed by atoms with Crippen LogP contribution in [0.2, 0.25) is 0 Å². The molecule has 0 bridgehead atoms. The molecule has 1 saturated heterocycles. The van der Waals surface area contributed by atoms with Crippen LogP contribution in [0.15, 0.2) is 0 Å². The van der Waals surface area contributed by atoms with Crippen LogP contribution in [0.25, 0.3) is 0 Å². The van der Waals surface area contributed by atoms with Crippen molar-refractivity contribution in [1.29, 1.82) is 5.26 Å². The lowest BCUT2D eigenvalue weighted by atomic mass is 10.2. The maximum Gasteiger partial charge on any atom is 0.412 e. The fourth-order valence-corrected chi connectivity index (χ4v) is 1.87. The third-order valence-corrected chi connectivity index (χ3v) is 2.61. The van der Waals surface area contributed by atoms with E-state index in [0.717, 1.165) is 0 Å². The summed E-state index contributed by atoms with van der Waals surface area (Å²) in [6.45, 7) is 5.19. The summed E-state index contributed by atoms with van der Waals surface area (Å²) >= 11 is 0. The Morgan fingerprint density at radius 1 is 1.33 bits per heavy atom. The molecule has 0 unspecified atom stereocenters. The second kappa shape index (κ2) is 5.25. The Balaban J connectivity index is 2.88. The highest BCUT2D eigenvalue weighted by Gasteiger charge is 2.43. The summed E-state index contributed by atoms with van der Waals surface area (Å²) in [4.78, 5) is 24.8. The van der Waals surface area contributed by atoms with Crippen LogP contribution in [0.5, 0.6) is 0 Å². The molecule has 1 heterocycles. The molecular formula is C12H18N2O4. The first-order valence-corrected chi connectivity index (χ1v) is 5.79. The van der Waals surface area contributed by atoms with Crippen LogP contribution in [-0.2, 0) is 14.3 Å². The quantitative estimate of drug-likeness (QED) is 0.662. The van der Waals surface area contributed by atoms with Crippen LogP contribution in [0, 0.1) is 11.3 Å². The minimum absolute atomic E-state index is 0.421. The van der Waals surface area contributed by atoms with Crippen molar-refractivity contribution in [3.05, 3.63) is 0 Å². The number of amides is 1. The first-order valence-electron chi connectivity index (χ1n) is 5.79. The monoisotopic (exact) mass is 254 g/mol. The lowest BCUT2D eigenvalue weighted by Gasteiger charge is -2.29. The molecule has 0 N–H and O–H groups in total. The van der Waals surface area contributed by atoms with Crippen molar-refractivity contribution in [2.24, 2.45) is 0 Å². The number of likely N-dealkylation sites (tertiary alicyclic amines) is 1. The van der Waals surface area contributed by atoms with Gasteiger partial charge in [-0.05, 0) is 33.6 Å². The fraction of sp³-hybridized carbons (Fsp3) is 0.750. The molecule has 6 heteroatoms. The van der Waals surface area contributed by atoms with E-state index in [1.165, 1.54) is 12.0 Å². The van der Waals surface area contributed by atoms with Gasteiger partial charge in [0.05, 0.1) is 13.2 Å². The Bertz CT molecular complexity index is 381. The second-order valence-corrected chi connectivity index (χ2v) is 5.15. The lowest BCUT2D eigenvalue weighted by Crippen LogP contribution is -2.47. The highest BCUT2D eigenvalue weighted by Crippen LogP contribution is 2.26. The topological polar surface area (TPSA) is 79.6 Å². The summed E-state index contributed by atoms with van der Waals surface area (Å²) in [6, 6.07) is 0.644. The van der Waals surface area contributed by atoms with Gasteiger partial charge in [0.25, 0.3) is 0 Å². The number of hydrogen-bond donors (Lipinski definition) is 0. The summed E-state index contributed by atoms with van der Waals surface area (Å²) in [7, 11) is 1.26.